The smallest absolute Gasteiger partial charge is 0.252 e. The van der Waals surface area contributed by atoms with Gasteiger partial charge in [-0.15, -0.1) is 0 Å². The van der Waals surface area contributed by atoms with Crippen LogP contribution in [0.4, 0.5) is 0 Å². The molecule has 0 aromatic heterocycles. The molecule has 1 aliphatic heterocycles. The Labute approximate surface area is 119 Å². The van der Waals surface area contributed by atoms with Gasteiger partial charge in [-0.05, 0) is 31.4 Å². The number of aliphatic hydroxyl groups excluding tert-OH is 1. The van der Waals surface area contributed by atoms with Crippen LogP contribution in [0.15, 0.2) is 24.3 Å². The van der Waals surface area contributed by atoms with Crippen molar-refractivity contribution in [2.45, 2.75) is 25.4 Å². The van der Waals surface area contributed by atoms with Gasteiger partial charge in [-0.3, -0.25) is 4.79 Å². The number of aliphatic hydroxyl groups is 1. The van der Waals surface area contributed by atoms with Gasteiger partial charge in [0, 0.05) is 18.7 Å². The molecule has 0 spiro atoms. The summed E-state index contributed by atoms with van der Waals surface area (Å²) in [6.07, 6.45) is 3.31. The maximum atomic E-state index is 12.1. The van der Waals surface area contributed by atoms with E-state index in [2.05, 4.69) is 17.2 Å². The summed E-state index contributed by atoms with van der Waals surface area (Å²) in [5, 5.41) is 11.6. The molecule has 2 N–H and O–H groups in total. The van der Waals surface area contributed by atoms with Crippen molar-refractivity contribution >= 4 is 5.91 Å². The molecule has 1 fully saturated rings. The number of amides is 1. The van der Waals surface area contributed by atoms with Crippen LogP contribution in [0.25, 0.3) is 0 Å². The minimum atomic E-state index is -0.213. The van der Waals surface area contributed by atoms with E-state index in [0.717, 1.165) is 25.9 Å². The molecule has 1 aromatic carbocycles. The van der Waals surface area contributed by atoms with Crippen molar-refractivity contribution in [3.05, 3.63) is 35.4 Å². The average Bonchev–Trinajstić information content (AvgIpc) is 2.98. The fourth-order valence-electron chi connectivity index (χ4n) is 2.24. The Balaban J connectivity index is 1.91. The van der Waals surface area contributed by atoms with Crippen molar-refractivity contribution in [2.24, 2.45) is 0 Å². The van der Waals surface area contributed by atoms with Crippen LogP contribution in [0.2, 0.25) is 0 Å². The molecule has 1 amide bonds. The van der Waals surface area contributed by atoms with Gasteiger partial charge in [-0.1, -0.05) is 24.0 Å². The number of nitrogens with one attached hydrogen (secondary N) is 1. The van der Waals surface area contributed by atoms with Gasteiger partial charge in [0.1, 0.15) is 6.61 Å². The van der Waals surface area contributed by atoms with Gasteiger partial charge in [0.15, 0.2) is 0 Å². The van der Waals surface area contributed by atoms with Gasteiger partial charge in [-0.25, -0.2) is 0 Å². The summed E-state index contributed by atoms with van der Waals surface area (Å²) >= 11 is 0. The van der Waals surface area contributed by atoms with Crippen molar-refractivity contribution in [1.29, 1.82) is 0 Å². The number of carbonyl (C=O) groups is 1. The minimum Gasteiger partial charge on any atom is -0.384 e. The molecule has 0 saturated carbocycles. The van der Waals surface area contributed by atoms with Crippen molar-refractivity contribution in [1.82, 2.24) is 5.32 Å². The highest BCUT2D eigenvalue weighted by Gasteiger charge is 2.16. The fraction of sp³-hybridized carbons (Fsp3) is 0.438. The van der Waals surface area contributed by atoms with E-state index < -0.39 is 0 Å². The molecule has 0 bridgehead atoms. The Kier molecular flexibility index (Phi) is 5.60. The van der Waals surface area contributed by atoms with E-state index in [0.29, 0.717) is 17.7 Å². The summed E-state index contributed by atoms with van der Waals surface area (Å²) in [7, 11) is 0. The first-order chi connectivity index (χ1) is 9.81. The first-order valence-electron chi connectivity index (χ1n) is 6.90. The third kappa shape index (κ3) is 4.09. The monoisotopic (exact) mass is 273 g/mol. The van der Waals surface area contributed by atoms with Crippen LogP contribution < -0.4 is 5.32 Å². The molecular formula is C16H19NO3. The molecule has 0 radical (unpaired) electrons. The third-order valence-electron chi connectivity index (χ3n) is 3.25. The molecule has 1 saturated heterocycles. The van der Waals surface area contributed by atoms with E-state index in [-0.39, 0.29) is 18.6 Å². The largest absolute Gasteiger partial charge is 0.384 e. The van der Waals surface area contributed by atoms with Crippen LogP contribution in [0, 0.1) is 11.8 Å². The van der Waals surface area contributed by atoms with E-state index in [4.69, 9.17) is 9.84 Å². The van der Waals surface area contributed by atoms with Gasteiger partial charge in [0.2, 0.25) is 0 Å². The lowest BCUT2D eigenvalue weighted by molar-refractivity contribution is 0.0907. The number of ether oxygens (including phenoxy) is 1. The summed E-state index contributed by atoms with van der Waals surface area (Å²) in [6, 6.07) is 7.14. The van der Waals surface area contributed by atoms with Crippen LogP contribution in [-0.4, -0.2) is 36.9 Å². The van der Waals surface area contributed by atoms with Crippen LogP contribution in [-0.2, 0) is 4.74 Å². The Morgan fingerprint density at radius 3 is 3.05 bits per heavy atom. The Bertz CT molecular complexity index is 510. The van der Waals surface area contributed by atoms with E-state index in [1.54, 1.807) is 18.2 Å². The highest BCUT2D eigenvalue weighted by atomic mass is 16.5. The first-order valence-corrected chi connectivity index (χ1v) is 6.90. The first kappa shape index (κ1) is 14.6. The lowest BCUT2D eigenvalue weighted by Crippen LogP contribution is -2.27. The van der Waals surface area contributed by atoms with Gasteiger partial charge in [-0.2, -0.15) is 0 Å². The maximum Gasteiger partial charge on any atom is 0.252 e. The number of rotatable bonds is 4. The fourth-order valence-corrected chi connectivity index (χ4v) is 2.24. The molecule has 1 heterocycles. The lowest BCUT2D eigenvalue weighted by Gasteiger charge is -2.10. The van der Waals surface area contributed by atoms with E-state index in [9.17, 15) is 4.79 Å². The molecule has 0 aliphatic carbocycles. The number of carbonyl (C=O) groups excluding carboxylic acids is 1. The van der Waals surface area contributed by atoms with Crippen molar-refractivity contribution < 1.29 is 14.6 Å². The zero-order valence-corrected chi connectivity index (χ0v) is 11.4. The molecule has 2 rings (SSSR count). The highest BCUT2D eigenvalue weighted by Crippen LogP contribution is 2.14. The normalized spacial score (nSPS) is 17.4. The van der Waals surface area contributed by atoms with Crippen molar-refractivity contribution in [2.75, 3.05) is 19.8 Å². The Hall–Kier alpha value is -1.83. The lowest BCUT2D eigenvalue weighted by atomic mass is 10.1. The van der Waals surface area contributed by atoms with Crippen molar-refractivity contribution in [3.8, 4) is 11.8 Å². The van der Waals surface area contributed by atoms with Crippen LogP contribution >= 0.6 is 0 Å². The SMILES string of the molecule is O=C(NCCC1CCCO1)c1ccccc1C#CCO. The second kappa shape index (κ2) is 7.68. The van der Waals surface area contributed by atoms with E-state index in [1.807, 2.05) is 6.07 Å². The number of benzene rings is 1. The quantitative estimate of drug-likeness (QED) is 0.814. The Morgan fingerprint density at radius 2 is 2.30 bits per heavy atom. The molecule has 106 valence electrons. The third-order valence-corrected chi connectivity index (χ3v) is 3.25. The summed E-state index contributed by atoms with van der Waals surface area (Å²) in [5.41, 5.74) is 1.18. The summed E-state index contributed by atoms with van der Waals surface area (Å²) in [4.78, 5) is 12.1. The minimum absolute atomic E-state index is 0.133. The Morgan fingerprint density at radius 1 is 1.45 bits per heavy atom. The van der Waals surface area contributed by atoms with Gasteiger partial charge in [0.05, 0.1) is 11.7 Å². The summed E-state index contributed by atoms with van der Waals surface area (Å²) < 4.78 is 5.52. The molecule has 1 aromatic rings. The summed E-state index contributed by atoms with van der Waals surface area (Å²) in [5.74, 6) is 5.22. The van der Waals surface area contributed by atoms with Gasteiger partial charge < -0.3 is 15.2 Å². The maximum absolute atomic E-state index is 12.1. The topological polar surface area (TPSA) is 58.6 Å². The second-order valence-electron chi connectivity index (χ2n) is 4.69. The molecule has 4 heteroatoms. The van der Waals surface area contributed by atoms with Crippen LogP contribution in [0.5, 0.6) is 0 Å². The average molecular weight is 273 g/mol. The predicted octanol–water partition coefficient (Wildman–Crippen LogP) is 1.33. The predicted molar refractivity (Wildman–Crippen MR) is 76.3 cm³/mol. The number of hydrogen-bond donors (Lipinski definition) is 2. The van der Waals surface area contributed by atoms with Gasteiger partial charge in [0.25, 0.3) is 5.91 Å². The second-order valence-corrected chi connectivity index (χ2v) is 4.69. The molecular weight excluding hydrogens is 254 g/mol. The van der Waals surface area contributed by atoms with E-state index in [1.165, 1.54) is 0 Å². The van der Waals surface area contributed by atoms with Crippen LogP contribution in [0.3, 0.4) is 0 Å². The van der Waals surface area contributed by atoms with E-state index >= 15 is 0 Å². The van der Waals surface area contributed by atoms with Gasteiger partial charge >= 0.3 is 0 Å². The van der Waals surface area contributed by atoms with Crippen molar-refractivity contribution in [3.63, 3.8) is 0 Å². The number of hydrogen-bond acceptors (Lipinski definition) is 3. The van der Waals surface area contributed by atoms with Crippen LogP contribution in [0.1, 0.15) is 35.2 Å². The standard InChI is InChI=1S/C16H19NO3/c18-11-3-6-13-5-1-2-8-15(13)16(19)17-10-9-14-7-4-12-20-14/h1-2,5,8,14,18H,4,7,9-12H2,(H,17,19). The zero-order valence-electron chi connectivity index (χ0n) is 11.4. The molecule has 1 unspecified atom stereocenters. The molecule has 1 aliphatic rings. The molecule has 1 atom stereocenters. The zero-order chi connectivity index (χ0) is 14.2. The highest BCUT2D eigenvalue weighted by molar-refractivity contribution is 5.96. The molecule has 4 nitrogen and oxygen atoms in total. The summed E-state index contributed by atoms with van der Waals surface area (Å²) in [6.45, 7) is 1.22. The molecule has 20 heavy (non-hydrogen) atoms.